The molecule has 4 heteroatoms. The third-order valence-corrected chi connectivity index (χ3v) is 3.02. The van der Waals surface area contributed by atoms with Crippen molar-refractivity contribution in [3.8, 4) is 0 Å². The Morgan fingerprint density at radius 3 is 2.50 bits per heavy atom. The lowest BCUT2D eigenvalue weighted by Gasteiger charge is -2.11. The second kappa shape index (κ2) is 8.15. The highest BCUT2D eigenvalue weighted by molar-refractivity contribution is 5.89. The maximum atomic E-state index is 11.5. The molecule has 1 aromatic carbocycles. The molecule has 108 valence electrons. The first kappa shape index (κ1) is 16.0. The molecule has 1 aromatic rings. The number of esters is 1. The molecule has 20 heavy (non-hydrogen) atoms. The van der Waals surface area contributed by atoms with Gasteiger partial charge in [0, 0.05) is 0 Å². The van der Waals surface area contributed by atoms with Gasteiger partial charge in [0.15, 0.2) is 0 Å². The zero-order chi connectivity index (χ0) is 15.0. The lowest BCUT2D eigenvalue weighted by Crippen LogP contribution is -2.16. The first-order valence-electron chi connectivity index (χ1n) is 6.68. The van der Waals surface area contributed by atoms with Crippen LogP contribution in [0.2, 0.25) is 0 Å². The lowest BCUT2D eigenvalue weighted by molar-refractivity contribution is -0.141. The van der Waals surface area contributed by atoms with E-state index in [2.05, 4.69) is 6.58 Å². The van der Waals surface area contributed by atoms with Crippen molar-refractivity contribution in [1.82, 2.24) is 0 Å². The van der Waals surface area contributed by atoms with Gasteiger partial charge in [-0.3, -0.25) is 4.79 Å². The summed E-state index contributed by atoms with van der Waals surface area (Å²) < 4.78 is 4.90. The molecule has 1 rings (SSSR count). The summed E-state index contributed by atoms with van der Waals surface area (Å²) in [7, 11) is 0. The Labute approximate surface area is 119 Å². The monoisotopic (exact) mass is 276 g/mol. The van der Waals surface area contributed by atoms with E-state index >= 15 is 0 Å². The Hall–Kier alpha value is -2.10. The zero-order valence-electron chi connectivity index (χ0n) is 11.7. The number of carbonyl (C=O) groups excluding carboxylic acids is 1. The molecule has 0 amide bonds. The van der Waals surface area contributed by atoms with Gasteiger partial charge in [0.2, 0.25) is 0 Å². The van der Waals surface area contributed by atoms with Crippen molar-refractivity contribution in [1.29, 1.82) is 0 Å². The van der Waals surface area contributed by atoms with Crippen LogP contribution < -0.4 is 0 Å². The summed E-state index contributed by atoms with van der Waals surface area (Å²) in [5, 5.41) is 9.17. The Kier molecular flexibility index (Phi) is 6.50. The van der Waals surface area contributed by atoms with E-state index in [4.69, 9.17) is 9.84 Å². The number of carboxylic acid groups (broad SMARTS) is 1. The van der Waals surface area contributed by atoms with Gasteiger partial charge in [-0.2, -0.15) is 0 Å². The predicted octanol–water partition coefficient (Wildman–Crippen LogP) is 3.07. The highest BCUT2D eigenvalue weighted by Crippen LogP contribution is 2.16. The molecule has 0 aliphatic carbocycles. The number of rotatable bonds is 8. The first-order valence-corrected chi connectivity index (χ1v) is 6.68. The molecule has 0 saturated heterocycles. The fourth-order valence-electron chi connectivity index (χ4n) is 1.91. The van der Waals surface area contributed by atoms with Crippen LogP contribution in [0.5, 0.6) is 0 Å². The Morgan fingerprint density at radius 2 is 2.00 bits per heavy atom. The van der Waals surface area contributed by atoms with Crippen LogP contribution in [0.1, 0.15) is 35.7 Å². The molecule has 0 radical (unpaired) electrons. The molecule has 1 unspecified atom stereocenters. The van der Waals surface area contributed by atoms with Crippen molar-refractivity contribution in [2.24, 2.45) is 5.92 Å². The summed E-state index contributed by atoms with van der Waals surface area (Å²) in [6, 6.07) is 6.88. The minimum absolute atomic E-state index is 0.337. The highest BCUT2D eigenvalue weighted by atomic mass is 16.5. The van der Waals surface area contributed by atoms with Crippen LogP contribution in [0.25, 0.3) is 0 Å². The van der Waals surface area contributed by atoms with E-state index in [1.165, 1.54) is 0 Å². The molecule has 0 aliphatic heterocycles. The molecular weight excluding hydrogens is 256 g/mol. The van der Waals surface area contributed by atoms with Gasteiger partial charge >= 0.3 is 11.9 Å². The van der Waals surface area contributed by atoms with Crippen molar-refractivity contribution in [3.63, 3.8) is 0 Å². The van der Waals surface area contributed by atoms with Crippen molar-refractivity contribution < 1.29 is 19.4 Å². The Bertz CT molecular complexity index is 462. The van der Waals surface area contributed by atoms with Gasteiger partial charge in [-0.25, -0.2) is 4.79 Å². The van der Waals surface area contributed by atoms with Crippen molar-refractivity contribution in [2.75, 3.05) is 6.61 Å². The summed E-state index contributed by atoms with van der Waals surface area (Å²) >= 11 is 0. The summed E-state index contributed by atoms with van der Waals surface area (Å²) in [6.45, 7) is 5.69. The number of hydrogen-bond acceptors (Lipinski definition) is 3. The van der Waals surface area contributed by atoms with E-state index in [9.17, 15) is 9.59 Å². The van der Waals surface area contributed by atoms with Crippen LogP contribution in [0, 0.1) is 5.92 Å². The number of hydrogen-bond donors (Lipinski definition) is 1. The summed E-state index contributed by atoms with van der Waals surface area (Å²) in [6.07, 6.45) is 3.42. The minimum Gasteiger partial charge on any atom is -0.481 e. The largest absolute Gasteiger partial charge is 0.481 e. The normalized spacial score (nSPS) is 11.7. The van der Waals surface area contributed by atoms with Crippen LogP contribution in [0.4, 0.5) is 0 Å². The van der Waals surface area contributed by atoms with Crippen molar-refractivity contribution >= 4 is 11.9 Å². The predicted molar refractivity (Wildman–Crippen MR) is 76.7 cm³/mol. The summed E-state index contributed by atoms with van der Waals surface area (Å²) in [5.74, 6) is -1.59. The Balaban J connectivity index is 2.69. The van der Waals surface area contributed by atoms with Gasteiger partial charge < -0.3 is 9.84 Å². The SMILES string of the molecule is C=CCCC(Cc1ccc(C(=O)OCC)cc1)C(=O)O. The molecule has 0 fully saturated rings. The molecule has 1 atom stereocenters. The lowest BCUT2D eigenvalue weighted by atomic mass is 9.94. The first-order chi connectivity index (χ1) is 9.58. The van der Waals surface area contributed by atoms with E-state index in [0.29, 0.717) is 31.4 Å². The topological polar surface area (TPSA) is 63.6 Å². The fourth-order valence-corrected chi connectivity index (χ4v) is 1.91. The molecule has 1 N–H and O–H groups in total. The van der Waals surface area contributed by atoms with E-state index in [0.717, 1.165) is 5.56 Å². The maximum Gasteiger partial charge on any atom is 0.338 e. The Morgan fingerprint density at radius 1 is 1.35 bits per heavy atom. The van der Waals surface area contributed by atoms with Gasteiger partial charge in [-0.15, -0.1) is 6.58 Å². The number of aliphatic carboxylic acids is 1. The number of carbonyl (C=O) groups is 2. The van der Waals surface area contributed by atoms with Crippen LogP contribution in [-0.2, 0) is 16.0 Å². The third-order valence-electron chi connectivity index (χ3n) is 3.02. The molecule has 0 aromatic heterocycles. The van der Waals surface area contributed by atoms with Crippen LogP contribution in [-0.4, -0.2) is 23.7 Å². The van der Waals surface area contributed by atoms with Crippen LogP contribution >= 0.6 is 0 Å². The third kappa shape index (κ3) is 4.88. The quantitative estimate of drug-likeness (QED) is 0.585. The number of ether oxygens (including phenoxy) is 1. The number of carboxylic acids is 1. The van der Waals surface area contributed by atoms with Gasteiger partial charge in [0.05, 0.1) is 18.1 Å². The molecule has 0 spiro atoms. The second-order valence-electron chi connectivity index (χ2n) is 4.52. The van der Waals surface area contributed by atoms with Gasteiger partial charge in [0.25, 0.3) is 0 Å². The van der Waals surface area contributed by atoms with Crippen LogP contribution in [0.15, 0.2) is 36.9 Å². The van der Waals surface area contributed by atoms with E-state index in [-0.39, 0.29) is 5.97 Å². The highest BCUT2D eigenvalue weighted by Gasteiger charge is 2.17. The average molecular weight is 276 g/mol. The number of benzene rings is 1. The molecule has 4 nitrogen and oxygen atoms in total. The summed E-state index contributed by atoms with van der Waals surface area (Å²) in [4.78, 5) is 22.7. The van der Waals surface area contributed by atoms with Gasteiger partial charge in [-0.05, 0) is 43.9 Å². The van der Waals surface area contributed by atoms with Crippen molar-refractivity contribution in [2.45, 2.75) is 26.2 Å². The molecule has 0 aliphatic rings. The standard InChI is InChI=1S/C16H20O4/c1-3-5-6-14(15(17)18)11-12-7-9-13(10-8-12)16(19)20-4-2/h3,7-10,14H,1,4-6,11H2,2H3,(H,17,18). The second-order valence-corrected chi connectivity index (χ2v) is 4.52. The van der Waals surface area contributed by atoms with Gasteiger partial charge in [-0.1, -0.05) is 18.2 Å². The number of allylic oxidation sites excluding steroid dienone is 1. The average Bonchev–Trinajstić information content (AvgIpc) is 2.44. The summed E-state index contributed by atoms with van der Waals surface area (Å²) in [5.41, 5.74) is 1.38. The smallest absolute Gasteiger partial charge is 0.338 e. The van der Waals surface area contributed by atoms with Crippen molar-refractivity contribution in [3.05, 3.63) is 48.0 Å². The molecular formula is C16H20O4. The van der Waals surface area contributed by atoms with Crippen LogP contribution in [0.3, 0.4) is 0 Å². The molecule has 0 bridgehead atoms. The fraction of sp³-hybridized carbons (Fsp3) is 0.375. The van der Waals surface area contributed by atoms with E-state index in [1.54, 1.807) is 37.3 Å². The maximum absolute atomic E-state index is 11.5. The minimum atomic E-state index is -0.804. The van der Waals surface area contributed by atoms with E-state index < -0.39 is 11.9 Å². The molecule has 0 heterocycles. The molecule has 0 saturated carbocycles. The van der Waals surface area contributed by atoms with E-state index in [1.807, 2.05) is 0 Å². The van der Waals surface area contributed by atoms with Gasteiger partial charge in [0.1, 0.15) is 0 Å². The zero-order valence-corrected chi connectivity index (χ0v) is 11.7.